The average Bonchev–Trinajstić information content (AvgIpc) is 2.64. The van der Waals surface area contributed by atoms with Crippen molar-refractivity contribution in [2.24, 2.45) is 0 Å². The number of hydrogen-bond acceptors (Lipinski definition) is 5. The van der Waals surface area contributed by atoms with E-state index in [4.69, 9.17) is 0 Å². The van der Waals surface area contributed by atoms with Crippen molar-refractivity contribution in [3.8, 4) is 0 Å². The van der Waals surface area contributed by atoms with E-state index in [0.29, 0.717) is 17.1 Å². The van der Waals surface area contributed by atoms with Crippen LogP contribution < -0.4 is 10.6 Å². The number of anilines is 3. The lowest BCUT2D eigenvalue weighted by Gasteiger charge is -2.07. The van der Waals surface area contributed by atoms with Gasteiger partial charge >= 0.3 is 0 Å². The highest BCUT2D eigenvalue weighted by Crippen LogP contribution is 2.15. The first-order valence-corrected chi connectivity index (χ1v) is 7.78. The predicted octanol–water partition coefficient (Wildman–Crippen LogP) is 3.81. The van der Waals surface area contributed by atoms with E-state index in [0.717, 1.165) is 5.69 Å². The fourth-order valence-corrected chi connectivity index (χ4v) is 2.17. The Hall–Kier alpha value is -3.61. The van der Waals surface area contributed by atoms with Crippen LogP contribution >= 0.6 is 0 Å². The molecule has 0 bridgehead atoms. The molecule has 6 nitrogen and oxygen atoms in total. The van der Waals surface area contributed by atoms with Gasteiger partial charge in [-0.15, -0.1) is 0 Å². The molecule has 3 rings (SSSR count). The van der Waals surface area contributed by atoms with E-state index in [1.807, 2.05) is 0 Å². The van der Waals surface area contributed by atoms with Gasteiger partial charge in [0, 0.05) is 16.9 Å². The molecule has 0 aliphatic rings. The Bertz CT molecular complexity index is 923. The van der Waals surface area contributed by atoms with Gasteiger partial charge in [0.05, 0.1) is 12.4 Å². The van der Waals surface area contributed by atoms with Gasteiger partial charge in [-0.25, -0.2) is 14.4 Å². The van der Waals surface area contributed by atoms with Crippen molar-refractivity contribution < 1.29 is 14.0 Å². The summed E-state index contributed by atoms with van der Waals surface area (Å²) in [4.78, 5) is 31.6. The summed E-state index contributed by atoms with van der Waals surface area (Å²) in [6, 6.07) is 12.4. The minimum Gasteiger partial charge on any atom is -0.339 e. The standard InChI is InChI=1S/C19H15FN4O2/c1-12(25)13-2-6-15(7-3-13)23-18-11-21-17(10-22-18)19(26)24-16-8-4-14(20)5-9-16/h2-11H,1H3,(H,22,23)(H,24,26). The molecule has 130 valence electrons. The van der Waals surface area contributed by atoms with Crippen LogP contribution in [0, 0.1) is 5.82 Å². The Morgan fingerprint density at radius 2 is 1.54 bits per heavy atom. The number of ketones is 1. The lowest BCUT2D eigenvalue weighted by molar-refractivity contribution is 0.101. The van der Waals surface area contributed by atoms with Gasteiger partial charge in [-0.3, -0.25) is 9.59 Å². The van der Waals surface area contributed by atoms with Crippen LogP contribution in [0.15, 0.2) is 60.9 Å². The lowest BCUT2D eigenvalue weighted by Crippen LogP contribution is -2.14. The molecule has 0 spiro atoms. The summed E-state index contributed by atoms with van der Waals surface area (Å²) in [6.45, 7) is 1.50. The van der Waals surface area contributed by atoms with E-state index in [1.54, 1.807) is 24.3 Å². The summed E-state index contributed by atoms with van der Waals surface area (Å²) in [6.07, 6.45) is 2.77. The first kappa shape index (κ1) is 17.2. The molecule has 0 unspecified atom stereocenters. The van der Waals surface area contributed by atoms with E-state index in [1.165, 1.54) is 43.6 Å². The fourth-order valence-electron chi connectivity index (χ4n) is 2.17. The number of aromatic nitrogens is 2. The van der Waals surface area contributed by atoms with Crippen LogP contribution in [-0.2, 0) is 0 Å². The van der Waals surface area contributed by atoms with Crippen LogP contribution in [0.4, 0.5) is 21.6 Å². The monoisotopic (exact) mass is 350 g/mol. The normalized spacial score (nSPS) is 10.2. The zero-order valence-electron chi connectivity index (χ0n) is 13.9. The summed E-state index contributed by atoms with van der Waals surface area (Å²) < 4.78 is 12.9. The number of hydrogen-bond donors (Lipinski definition) is 2. The zero-order valence-corrected chi connectivity index (χ0v) is 13.9. The number of carbonyl (C=O) groups is 2. The maximum atomic E-state index is 12.9. The molecule has 1 heterocycles. The van der Waals surface area contributed by atoms with Crippen molar-refractivity contribution >= 4 is 28.9 Å². The number of rotatable bonds is 5. The number of benzene rings is 2. The van der Waals surface area contributed by atoms with Crippen LogP contribution in [-0.4, -0.2) is 21.7 Å². The summed E-state index contributed by atoms with van der Waals surface area (Å²) in [5.41, 5.74) is 1.96. The molecular formula is C19H15FN4O2. The van der Waals surface area contributed by atoms with Crippen LogP contribution in [0.5, 0.6) is 0 Å². The third-order valence-corrected chi connectivity index (χ3v) is 3.55. The molecule has 0 fully saturated rings. The quantitative estimate of drug-likeness (QED) is 0.684. The molecule has 2 N–H and O–H groups in total. The Labute approximate surface area is 149 Å². The number of nitrogens with one attached hydrogen (secondary N) is 2. The van der Waals surface area contributed by atoms with Gasteiger partial charge in [-0.1, -0.05) is 0 Å². The SMILES string of the molecule is CC(=O)c1ccc(Nc2cnc(C(=O)Nc3ccc(F)cc3)cn2)cc1. The Balaban J connectivity index is 1.64. The molecular weight excluding hydrogens is 335 g/mol. The maximum absolute atomic E-state index is 12.9. The number of carbonyl (C=O) groups excluding carboxylic acids is 2. The van der Waals surface area contributed by atoms with E-state index in [9.17, 15) is 14.0 Å². The third-order valence-electron chi connectivity index (χ3n) is 3.55. The molecule has 0 saturated heterocycles. The Morgan fingerprint density at radius 3 is 2.12 bits per heavy atom. The van der Waals surface area contributed by atoms with Crippen LogP contribution in [0.25, 0.3) is 0 Å². The van der Waals surface area contributed by atoms with Crippen molar-refractivity contribution in [1.82, 2.24) is 9.97 Å². The first-order chi connectivity index (χ1) is 12.5. The fraction of sp³-hybridized carbons (Fsp3) is 0.0526. The van der Waals surface area contributed by atoms with Gasteiger partial charge in [-0.05, 0) is 55.5 Å². The van der Waals surface area contributed by atoms with Gasteiger partial charge in [-0.2, -0.15) is 0 Å². The molecule has 0 saturated carbocycles. The summed E-state index contributed by atoms with van der Waals surface area (Å²) in [5.74, 6) is -0.372. The van der Waals surface area contributed by atoms with Crippen LogP contribution in [0.2, 0.25) is 0 Å². The van der Waals surface area contributed by atoms with Crippen molar-refractivity contribution in [3.05, 3.63) is 78.0 Å². The molecule has 7 heteroatoms. The van der Waals surface area contributed by atoms with Crippen LogP contribution in [0.1, 0.15) is 27.8 Å². The lowest BCUT2D eigenvalue weighted by atomic mass is 10.1. The van der Waals surface area contributed by atoms with E-state index >= 15 is 0 Å². The Kier molecular flexibility index (Phi) is 4.98. The van der Waals surface area contributed by atoms with Crippen molar-refractivity contribution in [3.63, 3.8) is 0 Å². The number of amides is 1. The number of Topliss-reactive ketones (excluding diaryl/α,β-unsaturated/α-hetero) is 1. The minimum absolute atomic E-state index is 0.00661. The van der Waals surface area contributed by atoms with Gasteiger partial charge in [0.25, 0.3) is 5.91 Å². The van der Waals surface area contributed by atoms with E-state index in [2.05, 4.69) is 20.6 Å². The van der Waals surface area contributed by atoms with Gasteiger partial charge in [0.2, 0.25) is 0 Å². The second-order valence-electron chi connectivity index (χ2n) is 5.51. The molecule has 0 aliphatic carbocycles. The summed E-state index contributed by atoms with van der Waals surface area (Å²) >= 11 is 0. The number of halogens is 1. The largest absolute Gasteiger partial charge is 0.339 e. The van der Waals surface area contributed by atoms with Crippen LogP contribution in [0.3, 0.4) is 0 Å². The van der Waals surface area contributed by atoms with Crippen molar-refractivity contribution in [1.29, 1.82) is 0 Å². The van der Waals surface area contributed by atoms with Gasteiger partial charge in [0.15, 0.2) is 5.78 Å². The molecule has 0 radical (unpaired) electrons. The highest BCUT2D eigenvalue weighted by Gasteiger charge is 2.09. The molecule has 2 aromatic carbocycles. The average molecular weight is 350 g/mol. The summed E-state index contributed by atoms with van der Waals surface area (Å²) in [5, 5.41) is 5.64. The van der Waals surface area contributed by atoms with Crippen molar-refractivity contribution in [2.75, 3.05) is 10.6 Å². The molecule has 26 heavy (non-hydrogen) atoms. The van der Waals surface area contributed by atoms with E-state index in [-0.39, 0.29) is 17.3 Å². The van der Waals surface area contributed by atoms with Crippen molar-refractivity contribution in [2.45, 2.75) is 6.92 Å². The second-order valence-corrected chi connectivity index (χ2v) is 5.51. The molecule has 1 amide bonds. The topological polar surface area (TPSA) is 84.0 Å². The molecule has 0 atom stereocenters. The smallest absolute Gasteiger partial charge is 0.275 e. The molecule has 0 aliphatic heterocycles. The number of nitrogens with zero attached hydrogens (tertiary/aromatic N) is 2. The highest BCUT2D eigenvalue weighted by atomic mass is 19.1. The summed E-state index contributed by atoms with van der Waals surface area (Å²) in [7, 11) is 0. The van der Waals surface area contributed by atoms with Gasteiger partial charge < -0.3 is 10.6 Å². The van der Waals surface area contributed by atoms with E-state index < -0.39 is 5.91 Å². The molecule has 3 aromatic rings. The third kappa shape index (κ3) is 4.27. The second kappa shape index (κ2) is 7.52. The van der Waals surface area contributed by atoms with Gasteiger partial charge in [0.1, 0.15) is 17.3 Å². The molecule has 1 aromatic heterocycles. The highest BCUT2D eigenvalue weighted by molar-refractivity contribution is 6.02. The minimum atomic E-state index is -0.443. The Morgan fingerprint density at radius 1 is 0.885 bits per heavy atom. The first-order valence-electron chi connectivity index (χ1n) is 7.78. The predicted molar refractivity (Wildman–Crippen MR) is 96.1 cm³/mol. The maximum Gasteiger partial charge on any atom is 0.275 e. The zero-order chi connectivity index (χ0) is 18.5.